The number of hydrogen-bond acceptors (Lipinski definition) is 9. The molecule has 242 valence electrons. The minimum absolute atomic E-state index is 0.113. The minimum atomic E-state index is -1.54. The van der Waals surface area contributed by atoms with Crippen LogP contribution in [0.1, 0.15) is 90.9 Å². The molecule has 6 unspecified atom stereocenters. The standard InChI is InChI=1S/C33H56O9/c1-3-5-7-9-11-12-13-14-15-16-17-18-20-22-29(35)41-27(25-39-23-21-19-10-8-6-4-2)26-40-33-32(38)31(37)30(36)28(24-34)42-33/h5,7,11-12,14-15,17-18,27-28,30-34,36-38H,3-4,6,8-10,13,16,19-26H2,1-2H3/b7-5-,12-11-,15-14-,18-17-. The summed E-state index contributed by atoms with van der Waals surface area (Å²) in [6, 6.07) is 0. The molecular weight excluding hydrogens is 540 g/mol. The van der Waals surface area contributed by atoms with Crippen LogP contribution in [0.4, 0.5) is 0 Å². The van der Waals surface area contributed by atoms with Crippen molar-refractivity contribution in [1.82, 2.24) is 0 Å². The number of carbonyl (C=O) groups is 1. The van der Waals surface area contributed by atoms with E-state index in [-0.39, 0.29) is 19.6 Å². The smallest absolute Gasteiger partial charge is 0.306 e. The van der Waals surface area contributed by atoms with Gasteiger partial charge >= 0.3 is 5.97 Å². The van der Waals surface area contributed by atoms with Crippen molar-refractivity contribution in [2.24, 2.45) is 0 Å². The third kappa shape index (κ3) is 18.0. The maximum atomic E-state index is 12.5. The van der Waals surface area contributed by atoms with Gasteiger partial charge in [-0.25, -0.2) is 0 Å². The Hall–Kier alpha value is -1.85. The van der Waals surface area contributed by atoms with E-state index in [0.29, 0.717) is 13.0 Å². The average Bonchev–Trinajstić information content (AvgIpc) is 2.99. The molecule has 0 aromatic heterocycles. The molecule has 1 rings (SSSR count). The predicted molar refractivity (Wildman–Crippen MR) is 164 cm³/mol. The fourth-order valence-corrected chi connectivity index (χ4v) is 4.27. The highest BCUT2D eigenvalue weighted by molar-refractivity contribution is 5.69. The average molecular weight is 597 g/mol. The molecule has 0 saturated carbocycles. The largest absolute Gasteiger partial charge is 0.457 e. The highest BCUT2D eigenvalue weighted by Crippen LogP contribution is 2.22. The van der Waals surface area contributed by atoms with E-state index in [9.17, 15) is 25.2 Å². The fourth-order valence-electron chi connectivity index (χ4n) is 4.27. The lowest BCUT2D eigenvalue weighted by Gasteiger charge is -2.39. The lowest BCUT2D eigenvalue weighted by molar-refractivity contribution is -0.305. The Bertz CT molecular complexity index is 777. The molecular formula is C33H56O9. The highest BCUT2D eigenvalue weighted by atomic mass is 16.7. The van der Waals surface area contributed by atoms with Gasteiger partial charge in [0.2, 0.25) is 0 Å². The molecule has 0 aromatic rings. The Morgan fingerprint density at radius 3 is 2.05 bits per heavy atom. The van der Waals surface area contributed by atoms with Crippen molar-refractivity contribution < 1.29 is 44.2 Å². The van der Waals surface area contributed by atoms with Crippen LogP contribution in [0.3, 0.4) is 0 Å². The van der Waals surface area contributed by atoms with Gasteiger partial charge in [-0.3, -0.25) is 4.79 Å². The lowest BCUT2D eigenvalue weighted by Crippen LogP contribution is -2.59. The molecule has 0 amide bonds. The van der Waals surface area contributed by atoms with Gasteiger partial charge in [0.05, 0.1) is 19.8 Å². The van der Waals surface area contributed by atoms with Crippen molar-refractivity contribution in [2.45, 2.75) is 128 Å². The summed E-state index contributed by atoms with van der Waals surface area (Å²) < 4.78 is 22.4. The fraction of sp³-hybridized carbons (Fsp3) is 0.727. The minimum Gasteiger partial charge on any atom is -0.457 e. The topological polar surface area (TPSA) is 135 Å². The third-order valence-corrected chi connectivity index (χ3v) is 6.77. The van der Waals surface area contributed by atoms with Crippen LogP contribution < -0.4 is 0 Å². The molecule has 1 saturated heterocycles. The van der Waals surface area contributed by atoms with Crippen LogP contribution in [0.5, 0.6) is 0 Å². The maximum Gasteiger partial charge on any atom is 0.306 e. The molecule has 0 spiro atoms. The molecule has 0 aromatic carbocycles. The summed E-state index contributed by atoms with van der Waals surface area (Å²) in [7, 11) is 0. The molecule has 0 bridgehead atoms. The summed E-state index contributed by atoms with van der Waals surface area (Å²) in [6.45, 7) is 4.25. The van der Waals surface area contributed by atoms with Gasteiger partial charge in [-0.15, -0.1) is 0 Å². The maximum absolute atomic E-state index is 12.5. The van der Waals surface area contributed by atoms with Gasteiger partial charge in [0.15, 0.2) is 6.29 Å². The van der Waals surface area contributed by atoms with Crippen molar-refractivity contribution in [3.63, 3.8) is 0 Å². The Morgan fingerprint density at radius 1 is 0.786 bits per heavy atom. The van der Waals surface area contributed by atoms with Gasteiger partial charge in [0, 0.05) is 13.0 Å². The van der Waals surface area contributed by atoms with Crippen LogP contribution in [0, 0.1) is 0 Å². The van der Waals surface area contributed by atoms with Gasteiger partial charge in [0.25, 0.3) is 0 Å². The highest BCUT2D eigenvalue weighted by Gasteiger charge is 2.44. The van der Waals surface area contributed by atoms with Gasteiger partial charge < -0.3 is 39.4 Å². The van der Waals surface area contributed by atoms with Crippen molar-refractivity contribution in [3.8, 4) is 0 Å². The Labute approximate surface area is 252 Å². The number of allylic oxidation sites excluding steroid dienone is 8. The zero-order valence-corrected chi connectivity index (χ0v) is 25.7. The second-order valence-electron chi connectivity index (χ2n) is 10.5. The van der Waals surface area contributed by atoms with E-state index >= 15 is 0 Å². The molecule has 0 radical (unpaired) electrons. The number of rotatable bonds is 24. The lowest BCUT2D eigenvalue weighted by atomic mass is 9.99. The summed E-state index contributed by atoms with van der Waals surface area (Å²) in [6.07, 6.45) is 20.3. The van der Waals surface area contributed by atoms with Crippen molar-refractivity contribution in [3.05, 3.63) is 48.6 Å². The van der Waals surface area contributed by atoms with E-state index in [1.165, 1.54) is 19.3 Å². The SMILES string of the molecule is CC/C=C\C/C=C\C/C=C\C/C=C\CCC(=O)OC(COCCCCCCCC)COC1OC(CO)C(O)C(O)C1O. The normalized spacial score (nSPS) is 24.0. The van der Waals surface area contributed by atoms with Crippen LogP contribution in [0.15, 0.2) is 48.6 Å². The number of hydrogen-bond donors (Lipinski definition) is 4. The van der Waals surface area contributed by atoms with E-state index in [1.54, 1.807) is 0 Å². The Kier molecular flexibility index (Phi) is 23.3. The molecule has 1 fully saturated rings. The first-order chi connectivity index (χ1) is 20.4. The second-order valence-corrected chi connectivity index (χ2v) is 10.5. The summed E-state index contributed by atoms with van der Waals surface area (Å²) in [4.78, 5) is 12.5. The number of esters is 1. The molecule has 6 atom stereocenters. The van der Waals surface area contributed by atoms with Gasteiger partial charge in [-0.1, -0.05) is 94.6 Å². The summed E-state index contributed by atoms with van der Waals surface area (Å²) >= 11 is 0. The van der Waals surface area contributed by atoms with E-state index < -0.39 is 49.4 Å². The van der Waals surface area contributed by atoms with E-state index in [1.807, 2.05) is 12.2 Å². The van der Waals surface area contributed by atoms with Crippen molar-refractivity contribution >= 4 is 5.97 Å². The molecule has 4 N–H and O–H groups in total. The van der Waals surface area contributed by atoms with Crippen LogP contribution in [0.2, 0.25) is 0 Å². The number of aliphatic hydroxyl groups excluding tert-OH is 4. The second kappa shape index (κ2) is 25.6. The molecule has 9 heteroatoms. The summed E-state index contributed by atoms with van der Waals surface area (Å²) in [5.74, 6) is -0.400. The van der Waals surface area contributed by atoms with Gasteiger partial charge in [0.1, 0.15) is 30.5 Å². The van der Waals surface area contributed by atoms with Crippen molar-refractivity contribution in [1.29, 1.82) is 0 Å². The van der Waals surface area contributed by atoms with Gasteiger partial charge in [-0.05, 0) is 38.5 Å². The molecule has 1 heterocycles. The van der Waals surface area contributed by atoms with E-state index in [0.717, 1.165) is 44.9 Å². The Balaban J connectivity index is 2.46. The number of ether oxygens (including phenoxy) is 4. The zero-order chi connectivity index (χ0) is 30.8. The first-order valence-corrected chi connectivity index (χ1v) is 15.7. The van der Waals surface area contributed by atoms with Gasteiger partial charge in [-0.2, -0.15) is 0 Å². The molecule has 1 aliphatic heterocycles. The van der Waals surface area contributed by atoms with Crippen LogP contribution in [-0.2, 0) is 23.7 Å². The Morgan fingerprint density at radius 2 is 1.40 bits per heavy atom. The first kappa shape index (κ1) is 38.2. The van der Waals surface area contributed by atoms with E-state index in [4.69, 9.17) is 18.9 Å². The van der Waals surface area contributed by atoms with Crippen LogP contribution >= 0.6 is 0 Å². The first-order valence-electron chi connectivity index (χ1n) is 15.7. The molecule has 0 aliphatic carbocycles. The molecule has 9 nitrogen and oxygen atoms in total. The molecule has 42 heavy (non-hydrogen) atoms. The monoisotopic (exact) mass is 596 g/mol. The summed E-state index contributed by atoms with van der Waals surface area (Å²) in [5, 5.41) is 39.6. The van der Waals surface area contributed by atoms with Crippen molar-refractivity contribution in [2.75, 3.05) is 26.4 Å². The van der Waals surface area contributed by atoms with Crippen LogP contribution in [0.25, 0.3) is 0 Å². The summed E-state index contributed by atoms with van der Waals surface area (Å²) in [5.41, 5.74) is 0. The third-order valence-electron chi connectivity index (χ3n) is 6.77. The zero-order valence-electron chi connectivity index (χ0n) is 25.7. The number of unbranched alkanes of at least 4 members (excludes halogenated alkanes) is 5. The van der Waals surface area contributed by atoms with E-state index in [2.05, 4.69) is 50.3 Å². The number of aliphatic hydroxyl groups is 4. The quantitative estimate of drug-likeness (QED) is 0.0712. The van der Waals surface area contributed by atoms with Crippen LogP contribution in [-0.4, -0.2) is 89.6 Å². The predicted octanol–water partition coefficient (Wildman–Crippen LogP) is 4.68. The molecule has 1 aliphatic rings. The number of carbonyl (C=O) groups excluding carboxylic acids is 1.